The minimum absolute atomic E-state index is 0.00713. The highest BCUT2D eigenvalue weighted by atomic mass is 79.9. The molecule has 1 unspecified atom stereocenters. The number of aromatic nitrogens is 2. The summed E-state index contributed by atoms with van der Waals surface area (Å²) in [4.78, 5) is 3.69. The minimum Gasteiger partial charge on any atom is -0.297 e. The number of hydrogen-bond acceptors (Lipinski definition) is 1. The molecule has 2 aromatic heterocycles. The molecule has 15 heavy (non-hydrogen) atoms. The van der Waals surface area contributed by atoms with E-state index in [-0.39, 0.29) is 11.3 Å². The molecule has 0 spiro atoms. The van der Waals surface area contributed by atoms with Gasteiger partial charge in [-0.2, -0.15) is 0 Å². The van der Waals surface area contributed by atoms with E-state index in [0.717, 1.165) is 6.20 Å². The lowest BCUT2D eigenvalue weighted by Gasteiger charge is -2.04. The summed E-state index contributed by atoms with van der Waals surface area (Å²) in [6.45, 7) is -1.15. The first-order valence-electron chi connectivity index (χ1n) is 4.15. The summed E-state index contributed by atoms with van der Waals surface area (Å²) in [5, 5.41) is 0. The highest BCUT2D eigenvalue weighted by Crippen LogP contribution is 2.23. The summed E-state index contributed by atoms with van der Waals surface area (Å²) in [7, 11) is 0. The Bertz CT molecular complexity index is 497. The average molecular weight is 279 g/mol. The van der Waals surface area contributed by atoms with Crippen molar-refractivity contribution in [2.24, 2.45) is 0 Å². The van der Waals surface area contributed by atoms with Gasteiger partial charge in [0.15, 0.2) is 17.6 Å². The van der Waals surface area contributed by atoms with Crippen molar-refractivity contribution in [3.8, 4) is 0 Å². The maximum Gasteiger partial charge on any atom is 0.173 e. The third-order valence-electron chi connectivity index (χ3n) is 2.01. The maximum atomic E-state index is 13.3. The largest absolute Gasteiger partial charge is 0.297 e. The topological polar surface area (TPSA) is 17.3 Å². The number of imidazole rings is 1. The zero-order valence-corrected chi connectivity index (χ0v) is 9.01. The molecule has 0 amide bonds. The molecule has 2 heterocycles. The van der Waals surface area contributed by atoms with Gasteiger partial charge in [-0.3, -0.25) is 4.40 Å². The van der Waals surface area contributed by atoms with E-state index < -0.39 is 18.7 Å². The summed E-state index contributed by atoms with van der Waals surface area (Å²) in [5.41, 5.74) is -0.00278. The molecule has 2 aromatic rings. The molecule has 80 valence electrons. The summed E-state index contributed by atoms with van der Waals surface area (Å²) in [6, 6.07) is 1.22. The number of halogens is 4. The Morgan fingerprint density at radius 2 is 2.27 bits per heavy atom. The van der Waals surface area contributed by atoms with Gasteiger partial charge in [-0.05, 0) is 22.0 Å². The fraction of sp³-hybridized carbons (Fsp3) is 0.222. The van der Waals surface area contributed by atoms with E-state index in [9.17, 15) is 13.2 Å². The molecule has 0 aromatic carbocycles. The van der Waals surface area contributed by atoms with Crippen molar-refractivity contribution in [2.75, 3.05) is 6.67 Å². The molecule has 2 nitrogen and oxygen atoms in total. The number of fused-ring (bicyclic) bond motifs is 1. The normalized spacial score (nSPS) is 13.3. The first kappa shape index (κ1) is 10.5. The van der Waals surface area contributed by atoms with Gasteiger partial charge in [-0.1, -0.05) is 0 Å². The zero-order valence-electron chi connectivity index (χ0n) is 7.42. The summed E-state index contributed by atoms with van der Waals surface area (Å²) >= 11 is 3.07. The van der Waals surface area contributed by atoms with Crippen LogP contribution in [0.4, 0.5) is 13.2 Å². The number of hydrogen-bond donors (Lipinski definition) is 0. The van der Waals surface area contributed by atoms with E-state index in [2.05, 4.69) is 20.9 Å². The summed E-state index contributed by atoms with van der Waals surface area (Å²) < 4.78 is 40.2. The molecule has 0 fully saturated rings. The summed E-state index contributed by atoms with van der Waals surface area (Å²) in [6.07, 6.45) is 0.798. The fourth-order valence-electron chi connectivity index (χ4n) is 1.34. The van der Waals surface area contributed by atoms with Crippen LogP contribution in [-0.2, 0) is 0 Å². The van der Waals surface area contributed by atoms with E-state index >= 15 is 0 Å². The quantitative estimate of drug-likeness (QED) is 0.825. The van der Waals surface area contributed by atoms with Gasteiger partial charge in [-0.15, -0.1) is 0 Å². The molecule has 0 bridgehead atoms. The molecule has 0 N–H and O–H groups in total. The van der Waals surface area contributed by atoms with Gasteiger partial charge in [0.1, 0.15) is 6.67 Å². The number of pyridine rings is 1. The molecular formula is C9H6BrF3N2. The van der Waals surface area contributed by atoms with Crippen molar-refractivity contribution in [3.63, 3.8) is 0 Å². The lowest BCUT2D eigenvalue weighted by atomic mass is 10.3. The molecule has 0 saturated carbocycles. The fourth-order valence-corrected chi connectivity index (χ4v) is 1.75. The van der Waals surface area contributed by atoms with Gasteiger partial charge in [0.2, 0.25) is 0 Å². The van der Waals surface area contributed by atoms with Crippen LogP contribution < -0.4 is 0 Å². The van der Waals surface area contributed by atoms with Crippen LogP contribution in [0.5, 0.6) is 0 Å². The van der Waals surface area contributed by atoms with Crippen LogP contribution in [0.2, 0.25) is 0 Å². The lowest BCUT2D eigenvalue weighted by Crippen LogP contribution is -2.00. The van der Waals surface area contributed by atoms with E-state index in [1.807, 2.05) is 0 Å². The van der Waals surface area contributed by atoms with Crippen molar-refractivity contribution in [1.29, 1.82) is 0 Å². The van der Waals surface area contributed by atoms with Gasteiger partial charge in [0, 0.05) is 10.7 Å². The smallest absolute Gasteiger partial charge is 0.173 e. The molecule has 6 heteroatoms. The van der Waals surface area contributed by atoms with E-state index in [1.54, 1.807) is 0 Å². The monoisotopic (exact) mass is 278 g/mol. The van der Waals surface area contributed by atoms with E-state index in [1.165, 1.54) is 16.7 Å². The Morgan fingerprint density at radius 1 is 1.53 bits per heavy atom. The Morgan fingerprint density at radius 3 is 2.93 bits per heavy atom. The van der Waals surface area contributed by atoms with Crippen molar-refractivity contribution in [3.05, 3.63) is 34.4 Å². The first-order chi connectivity index (χ1) is 7.13. The van der Waals surface area contributed by atoms with Gasteiger partial charge >= 0.3 is 0 Å². The van der Waals surface area contributed by atoms with Crippen molar-refractivity contribution >= 4 is 21.6 Å². The number of alkyl halides is 2. The van der Waals surface area contributed by atoms with E-state index in [4.69, 9.17) is 0 Å². The van der Waals surface area contributed by atoms with Gasteiger partial charge < -0.3 is 0 Å². The Kier molecular flexibility index (Phi) is 2.68. The molecule has 0 radical (unpaired) electrons. The van der Waals surface area contributed by atoms with Crippen LogP contribution in [0, 0.1) is 5.82 Å². The maximum absolute atomic E-state index is 13.3. The molecule has 0 aliphatic rings. The third-order valence-corrected chi connectivity index (χ3v) is 2.45. The van der Waals surface area contributed by atoms with Crippen LogP contribution in [-0.4, -0.2) is 16.1 Å². The van der Waals surface area contributed by atoms with Crippen molar-refractivity contribution < 1.29 is 13.2 Å². The molecule has 1 atom stereocenters. The molecular weight excluding hydrogens is 273 g/mol. The van der Waals surface area contributed by atoms with Crippen LogP contribution >= 0.6 is 15.9 Å². The predicted molar refractivity (Wildman–Crippen MR) is 52.7 cm³/mol. The van der Waals surface area contributed by atoms with Gasteiger partial charge in [-0.25, -0.2) is 18.2 Å². The highest BCUT2D eigenvalue weighted by molar-refractivity contribution is 9.10. The first-order valence-corrected chi connectivity index (χ1v) is 4.95. The van der Waals surface area contributed by atoms with Gasteiger partial charge in [0.05, 0.1) is 11.9 Å². The Balaban J connectivity index is 2.68. The molecule has 0 aliphatic carbocycles. The van der Waals surface area contributed by atoms with Crippen LogP contribution in [0.1, 0.15) is 11.9 Å². The number of nitrogens with zero attached hydrogens (tertiary/aromatic N) is 2. The average Bonchev–Trinajstić information content (AvgIpc) is 2.60. The second kappa shape index (κ2) is 3.84. The van der Waals surface area contributed by atoms with Crippen LogP contribution in [0.15, 0.2) is 22.9 Å². The summed E-state index contributed by atoms with van der Waals surface area (Å²) in [5.74, 6) is -0.582. The van der Waals surface area contributed by atoms with Crippen LogP contribution in [0.25, 0.3) is 5.65 Å². The van der Waals surface area contributed by atoms with Crippen molar-refractivity contribution in [2.45, 2.75) is 6.17 Å². The molecule has 0 aliphatic heterocycles. The standard InChI is InChI=1S/C9H6BrF3N2/c10-5-1-6(12)9-14-3-8(7(13)2-11)15(9)4-5/h1,3-4,7H,2H2. The Labute approximate surface area is 91.9 Å². The SMILES string of the molecule is FCC(F)c1cnc2c(F)cc(Br)cn12. The van der Waals surface area contributed by atoms with E-state index in [0.29, 0.717) is 4.47 Å². The predicted octanol–water partition coefficient (Wildman–Crippen LogP) is 3.22. The van der Waals surface area contributed by atoms with Gasteiger partial charge in [0.25, 0.3) is 0 Å². The zero-order chi connectivity index (χ0) is 11.0. The number of rotatable bonds is 2. The van der Waals surface area contributed by atoms with Crippen molar-refractivity contribution in [1.82, 2.24) is 9.38 Å². The molecule has 0 saturated heterocycles. The molecule has 2 rings (SSSR count). The van der Waals surface area contributed by atoms with Crippen LogP contribution in [0.3, 0.4) is 0 Å². The second-order valence-corrected chi connectivity index (χ2v) is 3.92. The Hall–Kier alpha value is -1.04. The highest BCUT2D eigenvalue weighted by Gasteiger charge is 2.16. The minimum atomic E-state index is -1.78. The second-order valence-electron chi connectivity index (χ2n) is 3.00. The third kappa shape index (κ3) is 1.73. The lowest BCUT2D eigenvalue weighted by molar-refractivity contribution is 0.259.